The summed E-state index contributed by atoms with van der Waals surface area (Å²) in [4.78, 5) is 2.40. The van der Waals surface area contributed by atoms with Gasteiger partial charge in [0, 0.05) is 22.4 Å². The van der Waals surface area contributed by atoms with Crippen LogP contribution in [0.5, 0.6) is 0 Å². The van der Waals surface area contributed by atoms with E-state index in [9.17, 15) is 0 Å². The molecule has 0 saturated carbocycles. The SMILES string of the molecule is CC1(C)c2cc3c(ccc4ccccc43)cc2-c2c(N(c3ccccc3)c3ccccc3)cccc21. The Kier molecular flexibility index (Phi) is 4.56. The van der Waals surface area contributed by atoms with E-state index in [4.69, 9.17) is 0 Å². The highest BCUT2D eigenvalue weighted by Crippen LogP contribution is 2.55. The minimum Gasteiger partial charge on any atom is -0.310 e. The van der Waals surface area contributed by atoms with Crippen LogP contribution in [0.2, 0.25) is 0 Å². The lowest BCUT2D eigenvalue weighted by Crippen LogP contribution is -2.16. The molecule has 0 heterocycles. The van der Waals surface area contributed by atoms with Gasteiger partial charge < -0.3 is 4.90 Å². The molecule has 0 amide bonds. The van der Waals surface area contributed by atoms with Crippen molar-refractivity contribution in [3.8, 4) is 11.1 Å². The Balaban J connectivity index is 1.54. The molecule has 0 atom stereocenters. The van der Waals surface area contributed by atoms with E-state index >= 15 is 0 Å². The zero-order valence-electron chi connectivity index (χ0n) is 20.6. The van der Waals surface area contributed by atoms with Crippen LogP contribution in [-0.4, -0.2) is 0 Å². The lowest BCUT2D eigenvalue weighted by molar-refractivity contribution is 0.661. The molecule has 0 aromatic heterocycles. The van der Waals surface area contributed by atoms with Crippen molar-refractivity contribution in [2.75, 3.05) is 4.90 Å². The molecule has 1 nitrogen and oxygen atoms in total. The van der Waals surface area contributed by atoms with Crippen LogP contribution in [-0.2, 0) is 5.41 Å². The summed E-state index contributed by atoms with van der Waals surface area (Å²) in [6, 6.07) is 46.3. The first-order valence-corrected chi connectivity index (χ1v) is 12.6. The predicted molar refractivity (Wildman–Crippen MR) is 154 cm³/mol. The summed E-state index contributed by atoms with van der Waals surface area (Å²) in [5.74, 6) is 0. The summed E-state index contributed by atoms with van der Waals surface area (Å²) in [6.45, 7) is 4.74. The maximum atomic E-state index is 2.45. The van der Waals surface area contributed by atoms with Crippen molar-refractivity contribution < 1.29 is 0 Å². The molecule has 7 rings (SSSR count). The van der Waals surface area contributed by atoms with E-state index < -0.39 is 0 Å². The highest BCUT2D eigenvalue weighted by atomic mass is 15.1. The van der Waals surface area contributed by atoms with E-state index in [1.165, 1.54) is 49.5 Å². The molecule has 0 radical (unpaired) electrons. The van der Waals surface area contributed by atoms with Crippen LogP contribution in [0, 0.1) is 0 Å². The van der Waals surface area contributed by atoms with Gasteiger partial charge in [-0.25, -0.2) is 0 Å². The molecule has 0 aliphatic heterocycles. The van der Waals surface area contributed by atoms with Gasteiger partial charge in [0.1, 0.15) is 0 Å². The van der Waals surface area contributed by atoms with Crippen molar-refractivity contribution >= 4 is 38.6 Å². The van der Waals surface area contributed by atoms with Gasteiger partial charge in [0.15, 0.2) is 0 Å². The highest BCUT2D eigenvalue weighted by molar-refractivity contribution is 6.10. The van der Waals surface area contributed by atoms with Gasteiger partial charge in [0.2, 0.25) is 0 Å². The van der Waals surface area contributed by atoms with Crippen LogP contribution in [0.25, 0.3) is 32.7 Å². The fourth-order valence-corrected chi connectivity index (χ4v) is 6.04. The Morgan fingerprint density at radius 2 is 1.14 bits per heavy atom. The smallest absolute Gasteiger partial charge is 0.0543 e. The second-order valence-electron chi connectivity index (χ2n) is 10.2. The van der Waals surface area contributed by atoms with Crippen molar-refractivity contribution in [1.29, 1.82) is 0 Å². The van der Waals surface area contributed by atoms with Crippen LogP contribution >= 0.6 is 0 Å². The first kappa shape index (κ1) is 21.0. The number of nitrogens with zero attached hydrogens (tertiary/aromatic N) is 1. The molecular formula is C35H27N. The normalized spacial score (nSPS) is 13.5. The third-order valence-corrected chi connectivity index (χ3v) is 7.81. The molecule has 0 N–H and O–H groups in total. The van der Waals surface area contributed by atoms with Crippen LogP contribution in [0.3, 0.4) is 0 Å². The van der Waals surface area contributed by atoms with Gasteiger partial charge in [-0.15, -0.1) is 0 Å². The summed E-state index contributed by atoms with van der Waals surface area (Å²) < 4.78 is 0. The quantitative estimate of drug-likeness (QED) is 0.237. The van der Waals surface area contributed by atoms with Gasteiger partial charge in [0.25, 0.3) is 0 Å². The third-order valence-electron chi connectivity index (χ3n) is 7.81. The van der Waals surface area contributed by atoms with Crippen LogP contribution < -0.4 is 4.90 Å². The zero-order valence-corrected chi connectivity index (χ0v) is 20.6. The lowest BCUT2D eigenvalue weighted by atomic mass is 9.81. The molecule has 6 aromatic carbocycles. The number of anilines is 3. The van der Waals surface area contributed by atoms with E-state index in [1.807, 2.05) is 0 Å². The largest absolute Gasteiger partial charge is 0.310 e. The van der Waals surface area contributed by atoms with E-state index in [0.29, 0.717) is 0 Å². The van der Waals surface area contributed by atoms with Crippen molar-refractivity contribution in [3.05, 3.63) is 139 Å². The maximum absolute atomic E-state index is 2.45. The minimum absolute atomic E-state index is 0.0924. The van der Waals surface area contributed by atoms with Crippen LogP contribution in [0.15, 0.2) is 127 Å². The number of hydrogen-bond acceptors (Lipinski definition) is 1. The van der Waals surface area contributed by atoms with Gasteiger partial charge in [-0.05, 0) is 80.7 Å². The van der Waals surface area contributed by atoms with E-state index in [0.717, 1.165) is 11.4 Å². The molecule has 0 unspecified atom stereocenters. The van der Waals surface area contributed by atoms with Crippen molar-refractivity contribution in [3.63, 3.8) is 0 Å². The fourth-order valence-electron chi connectivity index (χ4n) is 6.04. The first-order valence-electron chi connectivity index (χ1n) is 12.6. The monoisotopic (exact) mass is 461 g/mol. The molecule has 1 heteroatoms. The lowest BCUT2D eigenvalue weighted by Gasteiger charge is -2.28. The predicted octanol–water partition coefficient (Wildman–Crippen LogP) is 9.77. The van der Waals surface area contributed by atoms with Gasteiger partial charge >= 0.3 is 0 Å². The van der Waals surface area contributed by atoms with Gasteiger partial charge in [-0.1, -0.05) is 98.8 Å². The number of hydrogen-bond donors (Lipinski definition) is 0. The minimum atomic E-state index is -0.0924. The molecular weight excluding hydrogens is 434 g/mol. The molecule has 172 valence electrons. The van der Waals surface area contributed by atoms with E-state index in [2.05, 4.69) is 146 Å². The summed E-state index contributed by atoms with van der Waals surface area (Å²) >= 11 is 0. The standard InChI is InChI=1S/C35H27N/c1-35(2)31-18-11-19-33(36(26-13-5-3-6-14-26)27-15-7-4-8-16-27)34(31)30-22-25-21-20-24-12-9-10-17-28(24)29(25)23-32(30)35/h3-23H,1-2H3. The van der Waals surface area contributed by atoms with E-state index in [-0.39, 0.29) is 5.41 Å². The molecule has 1 aliphatic rings. The Morgan fingerprint density at radius 1 is 0.500 bits per heavy atom. The average Bonchev–Trinajstić information content (AvgIpc) is 3.15. The van der Waals surface area contributed by atoms with Crippen molar-refractivity contribution in [1.82, 2.24) is 0 Å². The van der Waals surface area contributed by atoms with Crippen molar-refractivity contribution in [2.45, 2.75) is 19.3 Å². The fraction of sp³-hybridized carbons (Fsp3) is 0.0857. The second kappa shape index (κ2) is 7.83. The Bertz CT molecular complexity index is 1710. The number of fused-ring (bicyclic) bond motifs is 6. The number of rotatable bonds is 3. The van der Waals surface area contributed by atoms with Crippen molar-refractivity contribution in [2.24, 2.45) is 0 Å². The van der Waals surface area contributed by atoms with Gasteiger partial charge in [-0.2, -0.15) is 0 Å². The average molecular weight is 462 g/mol. The van der Waals surface area contributed by atoms with Crippen LogP contribution in [0.4, 0.5) is 17.1 Å². The maximum Gasteiger partial charge on any atom is 0.0543 e. The third kappa shape index (κ3) is 3.03. The van der Waals surface area contributed by atoms with E-state index in [1.54, 1.807) is 0 Å². The summed E-state index contributed by atoms with van der Waals surface area (Å²) in [5.41, 5.74) is 8.90. The summed E-state index contributed by atoms with van der Waals surface area (Å²) in [5, 5.41) is 5.23. The number of para-hydroxylation sites is 2. The first-order chi connectivity index (χ1) is 17.6. The highest BCUT2D eigenvalue weighted by Gasteiger charge is 2.38. The molecule has 36 heavy (non-hydrogen) atoms. The van der Waals surface area contributed by atoms with Gasteiger partial charge in [0.05, 0.1) is 5.69 Å². The molecule has 0 spiro atoms. The molecule has 1 aliphatic carbocycles. The van der Waals surface area contributed by atoms with Crippen LogP contribution in [0.1, 0.15) is 25.0 Å². The Hall–Kier alpha value is -4.36. The summed E-state index contributed by atoms with van der Waals surface area (Å²) in [7, 11) is 0. The molecule has 6 aromatic rings. The number of benzene rings is 6. The van der Waals surface area contributed by atoms with Gasteiger partial charge in [-0.3, -0.25) is 0 Å². The second-order valence-corrected chi connectivity index (χ2v) is 10.2. The Labute approximate surface area is 212 Å². The Morgan fingerprint density at radius 3 is 1.86 bits per heavy atom. The molecule has 0 fully saturated rings. The zero-order chi connectivity index (χ0) is 24.3. The topological polar surface area (TPSA) is 3.24 Å². The summed E-state index contributed by atoms with van der Waals surface area (Å²) in [6.07, 6.45) is 0. The molecule has 0 bridgehead atoms. The molecule has 0 saturated heterocycles.